The van der Waals surface area contributed by atoms with Crippen molar-refractivity contribution in [1.29, 1.82) is 0 Å². The maximum absolute atomic E-state index is 12.0. The minimum absolute atomic E-state index is 0.213. The molecule has 2 aromatic heterocycles. The summed E-state index contributed by atoms with van der Waals surface area (Å²) in [5.74, 6) is 0.354. The summed E-state index contributed by atoms with van der Waals surface area (Å²) in [4.78, 5) is 16.5. The third-order valence-corrected chi connectivity index (χ3v) is 3.69. The molecule has 2 N–H and O–H groups in total. The number of benzene rings is 1. The van der Waals surface area contributed by atoms with Gasteiger partial charge in [0.05, 0.1) is 11.8 Å². The molecule has 0 saturated carbocycles. The van der Waals surface area contributed by atoms with Crippen LogP contribution in [0.3, 0.4) is 0 Å². The second kappa shape index (κ2) is 7.36. The van der Waals surface area contributed by atoms with E-state index in [0.29, 0.717) is 17.9 Å². The molecule has 3 rings (SSSR count). The number of aliphatic hydroxyl groups excluding tert-OH is 1. The summed E-state index contributed by atoms with van der Waals surface area (Å²) in [6, 6.07) is 10.9. The number of nitrogens with zero attached hydrogens (tertiary/aromatic N) is 2. The van der Waals surface area contributed by atoms with Crippen LogP contribution in [0.15, 0.2) is 48.8 Å². The van der Waals surface area contributed by atoms with E-state index < -0.39 is 6.10 Å². The average Bonchev–Trinajstić information content (AvgIpc) is 3.00. The molecule has 1 aromatic carbocycles. The molecule has 6 heteroatoms. The van der Waals surface area contributed by atoms with Crippen molar-refractivity contribution >= 4 is 11.6 Å². The summed E-state index contributed by atoms with van der Waals surface area (Å²) in [5, 5.41) is 11.9. The van der Waals surface area contributed by atoms with Crippen molar-refractivity contribution < 1.29 is 14.6 Å². The monoisotopic (exact) mass is 339 g/mol. The van der Waals surface area contributed by atoms with Crippen molar-refractivity contribution in [1.82, 2.24) is 14.7 Å². The number of carbonyl (C=O) groups is 1. The van der Waals surface area contributed by atoms with E-state index in [1.165, 1.54) is 0 Å². The molecule has 3 aromatic rings. The number of pyridine rings is 1. The lowest BCUT2D eigenvalue weighted by Crippen LogP contribution is -2.30. The van der Waals surface area contributed by atoms with E-state index in [4.69, 9.17) is 4.74 Å². The maximum atomic E-state index is 12.0. The van der Waals surface area contributed by atoms with Crippen LogP contribution in [-0.2, 0) is 6.61 Å². The molecular formula is C19H21N3O3. The third-order valence-electron chi connectivity index (χ3n) is 3.69. The second-order valence-electron chi connectivity index (χ2n) is 6.08. The zero-order valence-corrected chi connectivity index (χ0v) is 14.3. The predicted octanol–water partition coefficient (Wildman–Crippen LogP) is 2.33. The molecule has 0 aliphatic heterocycles. The number of rotatable bonds is 6. The van der Waals surface area contributed by atoms with E-state index >= 15 is 0 Å². The highest BCUT2D eigenvalue weighted by Gasteiger charge is 2.08. The standard InChI is InChI=1S/C19H21N3O3/c1-13-6-7-18-21-16(11-22(18)10-13)12-25-17-5-3-4-15(8-17)19(24)20-9-14(2)23/h3-8,10-11,14,23H,9,12H2,1-2H3,(H,20,24). The van der Waals surface area contributed by atoms with Gasteiger partial charge in [-0.2, -0.15) is 0 Å². The third kappa shape index (κ3) is 4.36. The van der Waals surface area contributed by atoms with Gasteiger partial charge in [-0.25, -0.2) is 4.98 Å². The van der Waals surface area contributed by atoms with Crippen LogP contribution < -0.4 is 10.1 Å². The SMILES string of the molecule is Cc1ccc2nc(COc3cccc(C(=O)NCC(C)O)c3)cn2c1. The smallest absolute Gasteiger partial charge is 0.251 e. The number of hydrogen-bond donors (Lipinski definition) is 2. The molecule has 1 unspecified atom stereocenters. The molecule has 2 heterocycles. The minimum Gasteiger partial charge on any atom is -0.487 e. The highest BCUT2D eigenvalue weighted by Crippen LogP contribution is 2.16. The van der Waals surface area contributed by atoms with Crippen LogP contribution >= 0.6 is 0 Å². The predicted molar refractivity (Wildman–Crippen MR) is 94.7 cm³/mol. The van der Waals surface area contributed by atoms with E-state index in [2.05, 4.69) is 10.3 Å². The van der Waals surface area contributed by atoms with Crippen molar-refractivity contribution in [2.24, 2.45) is 0 Å². The first-order chi connectivity index (χ1) is 12.0. The molecule has 0 radical (unpaired) electrons. The largest absolute Gasteiger partial charge is 0.487 e. The summed E-state index contributed by atoms with van der Waals surface area (Å²) in [7, 11) is 0. The van der Waals surface area contributed by atoms with E-state index in [0.717, 1.165) is 16.9 Å². The van der Waals surface area contributed by atoms with Gasteiger partial charge in [0, 0.05) is 24.5 Å². The number of fused-ring (bicyclic) bond motifs is 1. The number of ether oxygens (including phenoxy) is 1. The van der Waals surface area contributed by atoms with Crippen molar-refractivity contribution in [2.45, 2.75) is 26.6 Å². The minimum atomic E-state index is -0.581. The van der Waals surface area contributed by atoms with E-state index in [1.807, 2.05) is 35.9 Å². The van der Waals surface area contributed by atoms with Crippen LogP contribution in [0.4, 0.5) is 0 Å². The Morgan fingerprint density at radius 3 is 2.96 bits per heavy atom. The summed E-state index contributed by atoms with van der Waals surface area (Å²) in [6.45, 7) is 4.18. The van der Waals surface area contributed by atoms with Crippen LogP contribution in [0.1, 0.15) is 28.5 Å². The molecule has 25 heavy (non-hydrogen) atoms. The van der Waals surface area contributed by atoms with Gasteiger partial charge in [0.25, 0.3) is 5.91 Å². The lowest BCUT2D eigenvalue weighted by atomic mass is 10.2. The van der Waals surface area contributed by atoms with Crippen molar-refractivity contribution in [3.8, 4) is 5.75 Å². The first kappa shape index (κ1) is 17.0. The number of aliphatic hydroxyl groups is 1. The summed E-state index contributed by atoms with van der Waals surface area (Å²) < 4.78 is 7.73. The highest BCUT2D eigenvalue weighted by atomic mass is 16.5. The van der Waals surface area contributed by atoms with Gasteiger partial charge in [0.15, 0.2) is 0 Å². The van der Waals surface area contributed by atoms with Gasteiger partial charge in [-0.1, -0.05) is 12.1 Å². The summed E-state index contributed by atoms with van der Waals surface area (Å²) in [5.41, 5.74) is 3.34. The Morgan fingerprint density at radius 1 is 1.32 bits per heavy atom. The topological polar surface area (TPSA) is 75.9 Å². The second-order valence-corrected chi connectivity index (χ2v) is 6.08. The summed E-state index contributed by atoms with van der Waals surface area (Å²) >= 11 is 0. The van der Waals surface area contributed by atoms with Crippen molar-refractivity contribution in [3.63, 3.8) is 0 Å². The Kier molecular flexibility index (Phi) is 5.00. The number of carbonyl (C=O) groups excluding carboxylic acids is 1. The Balaban J connectivity index is 1.66. The Labute approximate surface area is 146 Å². The molecule has 0 aliphatic carbocycles. The van der Waals surface area contributed by atoms with Gasteiger partial charge in [-0.05, 0) is 43.7 Å². The van der Waals surface area contributed by atoms with Gasteiger partial charge in [-0.3, -0.25) is 4.79 Å². The molecule has 1 atom stereocenters. The molecule has 0 saturated heterocycles. The summed E-state index contributed by atoms with van der Waals surface area (Å²) in [6.07, 6.45) is 3.36. The van der Waals surface area contributed by atoms with Crippen LogP contribution in [0.5, 0.6) is 5.75 Å². The molecular weight excluding hydrogens is 318 g/mol. The normalized spacial score (nSPS) is 12.1. The first-order valence-electron chi connectivity index (χ1n) is 8.14. The van der Waals surface area contributed by atoms with Crippen LogP contribution in [-0.4, -0.2) is 33.0 Å². The number of imidazole rings is 1. The van der Waals surface area contributed by atoms with E-state index in [9.17, 15) is 9.90 Å². The van der Waals surface area contributed by atoms with Crippen molar-refractivity contribution in [3.05, 3.63) is 65.6 Å². The average molecular weight is 339 g/mol. The fourth-order valence-electron chi connectivity index (χ4n) is 2.45. The highest BCUT2D eigenvalue weighted by molar-refractivity contribution is 5.94. The van der Waals surface area contributed by atoms with Crippen LogP contribution in [0.25, 0.3) is 5.65 Å². The lowest BCUT2D eigenvalue weighted by molar-refractivity contribution is 0.0923. The fourth-order valence-corrected chi connectivity index (χ4v) is 2.45. The van der Waals surface area contributed by atoms with Crippen molar-refractivity contribution in [2.75, 3.05) is 6.54 Å². The zero-order chi connectivity index (χ0) is 17.8. The number of aromatic nitrogens is 2. The molecule has 6 nitrogen and oxygen atoms in total. The fraction of sp³-hybridized carbons (Fsp3) is 0.263. The molecule has 0 fully saturated rings. The quantitative estimate of drug-likeness (QED) is 0.723. The number of hydrogen-bond acceptors (Lipinski definition) is 4. The Morgan fingerprint density at radius 2 is 2.16 bits per heavy atom. The molecule has 1 amide bonds. The molecule has 0 bridgehead atoms. The molecule has 0 spiro atoms. The number of aryl methyl sites for hydroxylation is 1. The maximum Gasteiger partial charge on any atom is 0.251 e. The van der Waals surface area contributed by atoms with E-state index in [1.54, 1.807) is 31.2 Å². The zero-order valence-electron chi connectivity index (χ0n) is 14.3. The first-order valence-corrected chi connectivity index (χ1v) is 8.14. The van der Waals surface area contributed by atoms with Gasteiger partial charge in [-0.15, -0.1) is 0 Å². The Hall–Kier alpha value is -2.86. The van der Waals surface area contributed by atoms with Crippen LogP contribution in [0, 0.1) is 6.92 Å². The molecule has 0 aliphatic rings. The molecule has 130 valence electrons. The van der Waals surface area contributed by atoms with Gasteiger partial charge < -0.3 is 19.6 Å². The van der Waals surface area contributed by atoms with Crippen LogP contribution in [0.2, 0.25) is 0 Å². The Bertz CT molecular complexity index is 887. The van der Waals surface area contributed by atoms with Gasteiger partial charge in [0.1, 0.15) is 18.0 Å². The number of amides is 1. The van der Waals surface area contributed by atoms with E-state index in [-0.39, 0.29) is 12.5 Å². The van der Waals surface area contributed by atoms with Gasteiger partial charge >= 0.3 is 0 Å². The number of nitrogens with one attached hydrogen (secondary N) is 1. The lowest BCUT2D eigenvalue weighted by Gasteiger charge is -2.09. The van der Waals surface area contributed by atoms with Gasteiger partial charge in [0.2, 0.25) is 0 Å².